The Morgan fingerprint density at radius 1 is 1.50 bits per heavy atom. The van der Waals surface area contributed by atoms with E-state index >= 15 is 0 Å². The molecule has 2 rings (SSSR count). The maximum atomic E-state index is 11.7. The number of cyclic esters (lactones) is 2. The van der Waals surface area contributed by atoms with Crippen molar-refractivity contribution in [2.75, 3.05) is 0 Å². The number of amides is 2. The van der Waals surface area contributed by atoms with Crippen LogP contribution >= 0.6 is 34.5 Å². The van der Waals surface area contributed by atoms with Gasteiger partial charge in [0.2, 0.25) is 0 Å². The fourth-order valence-corrected chi connectivity index (χ4v) is 2.53. The molecular formula is C10H7Cl2NO4S. The third-order valence-corrected chi connectivity index (χ3v) is 3.64. The summed E-state index contributed by atoms with van der Waals surface area (Å²) in [6, 6.07) is 2.60. The third kappa shape index (κ3) is 2.50. The van der Waals surface area contributed by atoms with Crippen LogP contribution in [0.25, 0.3) is 0 Å². The first-order chi connectivity index (χ1) is 8.50. The van der Waals surface area contributed by atoms with E-state index in [1.165, 1.54) is 11.3 Å². The number of ether oxygens (including phenoxy) is 1. The van der Waals surface area contributed by atoms with E-state index in [1.54, 1.807) is 12.1 Å². The van der Waals surface area contributed by atoms with E-state index in [2.05, 4.69) is 4.74 Å². The summed E-state index contributed by atoms with van der Waals surface area (Å²) in [4.78, 5) is 34.7. The van der Waals surface area contributed by atoms with Gasteiger partial charge in [-0.3, -0.25) is 4.79 Å². The van der Waals surface area contributed by atoms with Gasteiger partial charge in [0.15, 0.2) is 4.84 Å². The standard InChI is InChI=1S/C10H7Cl2NO4S/c11-7(12)8(14)13-6(9(15)17-10(13)16)4-5-2-1-3-18-5/h1-3,6-7H,4H2. The van der Waals surface area contributed by atoms with Crippen LogP contribution < -0.4 is 0 Å². The number of rotatable bonds is 3. The highest BCUT2D eigenvalue weighted by Gasteiger charge is 2.46. The molecule has 0 bridgehead atoms. The molecule has 1 aliphatic rings. The molecule has 1 aromatic rings. The summed E-state index contributed by atoms with van der Waals surface area (Å²) in [5.41, 5.74) is 0. The average molecular weight is 308 g/mol. The second-order valence-corrected chi connectivity index (χ2v) is 5.62. The van der Waals surface area contributed by atoms with Crippen molar-refractivity contribution in [1.82, 2.24) is 4.90 Å². The lowest BCUT2D eigenvalue weighted by atomic mass is 10.1. The van der Waals surface area contributed by atoms with E-state index in [0.29, 0.717) is 4.90 Å². The lowest BCUT2D eigenvalue weighted by Gasteiger charge is -2.17. The number of hydrogen-bond acceptors (Lipinski definition) is 5. The van der Waals surface area contributed by atoms with Gasteiger partial charge in [-0.25, -0.2) is 14.5 Å². The second kappa shape index (κ2) is 5.26. The highest BCUT2D eigenvalue weighted by Crippen LogP contribution is 2.23. The van der Waals surface area contributed by atoms with Crippen LogP contribution in [0.1, 0.15) is 4.88 Å². The van der Waals surface area contributed by atoms with E-state index in [0.717, 1.165) is 4.88 Å². The molecule has 1 unspecified atom stereocenters. The molecule has 1 aliphatic heterocycles. The Hall–Kier alpha value is -1.11. The molecule has 0 aliphatic carbocycles. The number of esters is 1. The van der Waals surface area contributed by atoms with E-state index in [4.69, 9.17) is 23.2 Å². The molecule has 2 amide bonds. The average Bonchev–Trinajstić information content (AvgIpc) is 2.88. The number of imide groups is 1. The zero-order valence-corrected chi connectivity index (χ0v) is 11.2. The van der Waals surface area contributed by atoms with Crippen molar-refractivity contribution in [1.29, 1.82) is 0 Å². The van der Waals surface area contributed by atoms with Crippen molar-refractivity contribution in [2.24, 2.45) is 0 Å². The minimum atomic E-state index is -1.41. The summed E-state index contributed by atoms with van der Waals surface area (Å²) < 4.78 is 4.42. The van der Waals surface area contributed by atoms with Crippen LogP contribution in [0.15, 0.2) is 17.5 Å². The summed E-state index contributed by atoms with van der Waals surface area (Å²) in [7, 11) is 0. The van der Waals surface area contributed by atoms with Crippen molar-refractivity contribution < 1.29 is 19.1 Å². The first-order valence-electron chi connectivity index (χ1n) is 4.90. The lowest BCUT2D eigenvalue weighted by molar-refractivity contribution is -0.138. The molecular weight excluding hydrogens is 301 g/mol. The minimum absolute atomic E-state index is 0.203. The van der Waals surface area contributed by atoms with Gasteiger partial charge in [-0.05, 0) is 11.4 Å². The van der Waals surface area contributed by atoms with Gasteiger partial charge in [0.05, 0.1) is 0 Å². The molecule has 5 nitrogen and oxygen atoms in total. The molecule has 1 aromatic heterocycles. The molecule has 96 valence electrons. The summed E-state index contributed by atoms with van der Waals surface area (Å²) in [6.07, 6.45) is -0.827. The number of nitrogens with zero attached hydrogens (tertiary/aromatic N) is 1. The second-order valence-electron chi connectivity index (χ2n) is 3.50. The van der Waals surface area contributed by atoms with Crippen LogP contribution in [0.5, 0.6) is 0 Å². The predicted octanol–water partition coefficient (Wildman–Crippen LogP) is 1.97. The molecule has 0 N–H and O–H groups in total. The number of hydrogen-bond donors (Lipinski definition) is 0. The van der Waals surface area contributed by atoms with Crippen LogP contribution in [-0.2, 0) is 20.7 Å². The quantitative estimate of drug-likeness (QED) is 0.486. The molecule has 0 radical (unpaired) electrons. The largest absolute Gasteiger partial charge is 0.425 e. The zero-order chi connectivity index (χ0) is 13.3. The summed E-state index contributed by atoms with van der Waals surface area (Å²) >= 11 is 12.3. The van der Waals surface area contributed by atoms with Gasteiger partial charge < -0.3 is 4.74 Å². The van der Waals surface area contributed by atoms with E-state index in [-0.39, 0.29) is 6.42 Å². The molecule has 1 atom stereocenters. The van der Waals surface area contributed by atoms with Gasteiger partial charge >= 0.3 is 12.1 Å². The van der Waals surface area contributed by atoms with Crippen molar-refractivity contribution >= 4 is 52.5 Å². The maximum Gasteiger partial charge on any atom is 0.425 e. The van der Waals surface area contributed by atoms with Gasteiger partial charge in [0, 0.05) is 11.3 Å². The highest BCUT2D eigenvalue weighted by molar-refractivity contribution is 7.09. The monoisotopic (exact) mass is 307 g/mol. The molecule has 0 aromatic carbocycles. The van der Waals surface area contributed by atoms with Crippen molar-refractivity contribution in [3.8, 4) is 0 Å². The van der Waals surface area contributed by atoms with E-state index < -0.39 is 28.8 Å². The van der Waals surface area contributed by atoms with E-state index in [1.807, 2.05) is 5.38 Å². The smallest absolute Gasteiger partial charge is 0.374 e. The first kappa shape index (κ1) is 13.3. The number of carbonyl (C=O) groups excluding carboxylic acids is 3. The van der Waals surface area contributed by atoms with Gasteiger partial charge in [-0.1, -0.05) is 29.3 Å². The predicted molar refractivity (Wildman–Crippen MR) is 65.6 cm³/mol. The number of alkyl halides is 2. The van der Waals surface area contributed by atoms with Gasteiger partial charge in [0.25, 0.3) is 5.91 Å². The van der Waals surface area contributed by atoms with Crippen molar-refractivity contribution in [3.05, 3.63) is 22.4 Å². The molecule has 0 saturated carbocycles. The van der Waals surface area contributed by atoms with Crippen molar-refractivity contribution in [3.63, 3.8) is 0 Å². The Morgan fingerprint density at radius 2 is 2.22 bits per heavy atom. The van der Waals surface area contributed by atoms with E-state index in [9.17, 15) is 14.4 Å². The van der Waals surface area contributed by atoms with Crippen LogP contribution in [0.2, 0.25) is 0 Å². The Balaban J connectivity index is 2.22. The fourth-order valence-electron chi connectivity index (χ4n) is 1.58. The molecule has 8 heteroatoms. The summed E-state index contributed by atoms with van der Waals surface area (Å²) in [5.74, 6) is -1.62. The molecule has 0 spiro atoms. The lowest BCUT2D eigenvalue weighted by Crippen LogP contribution is -2.43. The molecule has 2 heterocycles. The third-order valence-electron chi connectivity index (χ3n) is 2.37. The topological polar surface area (TPSA) is 63.7 Å². The minimum Gasteiger partial charge on any atom is -0.374 e. The molecule has 1 saturated heterocycles. The number of halogens is 2. The normalized spacial score (nSPS) is 19.5. The Kier molecular flexibility index (Phi) is 3.89. The molecule has 18 heavy (non-hydrogen) atoms. The Morgan fingerprint density at radius 3 is 2.78 bits per heavy atom. The van der Waals surface area contributed by atoms with Gasteiger partial charge in [-0.15, -0.1) is 11.3 Å². The van der Waals surface area contributed by atoms with Crippen LogP contribution in [-0.4, -0.2) is 33.7 Å². The summed E-state index contributed by atoms with van der Waals surface area (Å²) in [6.45, 7) is 0. The van der Waals surface area contributed by atoms with Crippen LogP contribution in [0, 0.1) is 0 Å². The van der Waals surface area contributed by atoms with Crippen LogP contribution in [0.3, 0.4) is 0 Å². The number of thiophene rings is 1. The molecule has 1 fully saturated rings. The van der Waals surface area contributed by atoms with Gasteiger partial charge in [0.1, 0.15) is 6.04 Å². The fraction of sp³-hybridized carbons (Fsp3) is 0.300. The van der Waals surface area contributed by atoms with Crippen molar-refractivity contribution in [2.45, 2.75) is 17.3 Å². The SMILES string of the molecule is O=C1OC(=O)N(C(=O)C(Cl)Cl)C1Cc1cccs1. The Bertz CT molecular complexity index is 488. The number of carbonyl (C=O) groups is 3. The zero-order valence-electron chi connectivity index (χ0n) is 8.84. The van der Waals surface area contributed by atoms with Gasteiger partial charge in [-0.2, -0.15) is 0 Å². The Labute approximate surface area is 116 Å². The maximum absolute atomic E-state index is 11.7. The van der Waals surface area contributed by atoms with Crippen LogP contribution in [0.4, 0.5) is 4.79 Å². The highest BCUT2D eigenvalue weighted by atomic mass is 35.5. The summed E-state index contributed by atoms with van der Waals surface area (Å²) in [5, 5.41) is 1.83. The first-order valence-corrected chi connectivity index (χ1v) is 6.65.